The van der Waals surface area contributed by atoms with Gasteiger partial charge in [0.1, 0.15) is 17.0 Å². The lowest BCUT2D eigenvalue weighted by Crippen LogP contribution is -2.25. The number of anilines is 2. The molecule has 0 fully saturated rings. The van der Waals surface area contributed by atoms with Crippen LogP contribution in [0.2, 0.25) is 5.02 Å². The van der Waals surface area contributed by atoms with Gasteiger partial charge in [-0.15, -0.1) is 0 Å². The number of rotatable bonds is 8. The highest BCUT2D eigenvalue weighted by Crippen LogP contribution is 2.33. The molecule has 1 unspecified atom stereocenters. The summed E-state index contributed by atoms with van der Waals surface area (Å²) in [6, 6.07) is 2.72. The number of aromatic hydroxyl groups is 2. The molecule has 2 heterocycles. The van der Waals surface area contributed by atoms with Crippen molar-refractivity contribution in [3.63, 3.8) is 0 Å². The Bertz CT molecular complexity index is 1010. The summed E-state index contributed by atoms with van der Waals surface area (Å²) in [5, 5.41) is 44.1. The quantitative estimate of drug-likeness (QED) is 0.316. The van der Waals surface area contributed by atoms with Crippen molar-refractivity contribution < 1.29 is 15.3 Å². The van der Waals surface area contributed by atoms with Gasteiger partial charge in [-0.1, -0.05) is 39.3 Å². The Hall–Kier alpha value is -2.78. The van der Waals surface area contributed by atoms with Crippen molar-refractivity contribution in [3.8, 4) is 11.5 Å². The summed E-state index contributed by atoms with van der Waals surface area (Å²) in [4.78, 5) is 9.05. The highest BCUT2D eigenvalue weighted by atomic mass is 35.5. The molecule has 10 heteroatoms. The van der Waals surface area contributed by atoms with E-state index in [0.29, 0.717) is 29.3 Å². The minimum atomic E-state index is -0.544. The molecule has 3 rings (SSSR count). The molecule has 1 atom stereocenters. The molecule has 6 N–H and O–H groups in total. The lowest BCUT2D eigenvalue weighted by molar-refractivity contribution is 0.137. The van der Waals surface area contributed by atoms with E-state index >= 15 is 0 Å². The molecule has 0 aliphatic carbocycles. The molecule has 162 valence electrons. The van der Waals surface area contributed by atoms with E-state index in [1.807, 2.05) is 27.7 Å². The molecule has 0 saturated heterocycles. The van der Waals surface area contributed by atoms with E-state index in [0.717, 1.165) is 5.69 Å². The Morgan fingerprint density at radius 2 is 1.70 bits per heavy atom. The van der Waals surface area contributed by atoms with Crippen molar-refractivity contribution in [2.24, 2.45) is 5.92 Å². The fourth-order valence-electron chi connectivity index (χ4n) is 2.92. The summed E-state index contributed by atoms with van der Waals surface area (Å²) in [6.45, 7) is 8.32. The van der Waals surface area contributed by atoms with Crippen molar-refractivity contribution in [2.45, 2.75) is 46.3 Å². The summed E-state index contributed by atoms with van der Waals surface area (Å²) in [7, 11) is 0. The van der Waals surface area contributed by atoms with Gasteiger partial charge in [-0.05, 0) is 24.0 Å². The average molecular weight is 435 g/mol. The van der Waals surface area contributed by atoms with E-state index < -0.39 is 6.10 Å². The third-order valence-corrected chi connectivity index (χ3v) is 5.06. The number of nitrogens with zero attached hydrogens (tertiary/aromatic N) is 3. The van der Waals surface area contributed by atoms with Gasteiger partial charge in [-0.25, -0.2) is 4.98 Å². The number of phenols is 2. The summed E-state index contributed by atoms with van der Waals surface area (Å²) >= 11 is 5.85. The molecule has 0 radical (unpaired) electrons. The normalized spacial score (nSPS) is 12.7. The van der Waals surface area contributed by atoms with Crippen LogP contribution in [0.5, 0.6) is 11.5 Å². The molecule has 3 aromatic rings. The Kier molecular flexibility index (Phi) is 6.52. The SMILES string of the molecule is CC(C)c1[nH]nc2c(NCc3c(O)cc(Cl)cc3O)nc(NCC(O)C(C)C)nc12. The molecule has 0 bridgehead atoms. The number of aliphatic hydroxyl groups excluding tert-OH is 1. The van der Waals surface area contributed by atoms with Crippen LogP contribution >= 0.6 is 11.6 Å². The largest absolute Gasteiger partial charge is 0.507 e. The number of H-pyrrole nitrogens is 1. The Balaban J connectivity index is 1.94. The minimum absolute atomic E-state index is 0.0924. The number of phenolic OH excluding ortho intramolecular Hbond substituents is 2. The van der Waals surface area contributed by atoms with Crippen molar-refractivity contribution in [1.29, 1.82) is 0 Å². The van der Waals surface area contributed by atoms with Gasteiger partial charge in [0, 0.05) is 18.1 Å². The second-order valence-corrected chi connectivity index (χ2v) is 8.29. The van der Waals surface area contributed by atoms with E-state index in [9.17, 15) is 15.3 Å². The van der Waals surface area contributed by atoms with Crippen LogP contribution in [0.25, 0.3) is 11.0 Å². The molecule has 0 amide bonds. The second kappa shape index (κ2) is 8.93. The van der Waals surface area contributed by atoms with E-state index in [1.165, 1.54) is 12.1 Å². The van der Waals surface area contributed by atoms with E-state index in [-0.39, 0.29) is 40.5 Å². The lowest BCUT2D eigenvalue weighted by Gasteiger charge is -2.16. The molecule has 9 nitrogen and oxygen atoms in total. The third-order valence-electron chi connectivity index (χ3n) is 4.84. The van der Waals surface area contributed by atoms with Gasteiger partial charge in [-0.2, -0.15) is 10.1 Å². The van der Waals surface area contributed by atoms with Gasteiger partial charge in [0.15, 0.2) is 11.3 Å². The maximum atomic E-state index is 10.1. The Morgan fingerprint density at radius 3 is 2.30 bits per heavy atom. The fraction of sp³-hybridized carbons (Fsp3) is 0.450. The van der Waals surface area contributed by atoms with E-state index in [2.05, 4.69) is 30.8 Å². The fourth-order valence-corrected chi connectivity index (χ4v) is 3.12. The zero-order valence-corrected chi connectivity index (χ0v) is 18.1. The number of fused-ring (bicyclic) bond motifs is 1. The Morgan fingerprint density at radius 1 is 1.03 bits per heavy atom. The van der Waals surface area contributed by atoms with Gasteiger partial charge < -0.3 is 26.0 Å². The molecule has 30 heavy (non-hydrogen) atoms. The molecule has 0 spiro atoms. The average Bonchev–Trinajstić information content (AvgIpc) is 3.09. The monoisotopic (exact) mass is 434 g/mol. The van der Waals surface area contributed by atoms with Gasteiger partial charge >= 0.3 is 0 Å². The van der Waals surface area contributed by atoms with Crippen molar-refractivity contribution in [3.05, 3.63) is 28.4 Å². The maximum absolute atomic E-state index is 10.1. The maximum Gasteiger partial charge on any atom is 0.225 e. The van der Waals surface area contributed by atoms with Gasteiger partial charge in [-0.3, -0.25) is 5.10 Å². The van der Waals surface area contributed by atoms with E-state index in [1.54, 1.807) is 0 Å². The number of nitrogens with one attached hydrogen (secondary N) is 3. The first-order valence-corrected chi connectivity index (χ1v) is 10.2. The summed E-state index contributed by atoms with van der Waals surface area (Å²) < 4.78 is 0. The number of halogens is 1. The summed E-state index contributed by atoms with van der Waals surface area (Å²) in [5.74, 6) is 0.782. The number of aromatic nitrogens is 4. The minimum Gasteiger partial charge on any atom is -0.507 e. The first-order valence-electron chi connectivity index (χ1n) is 9.79. The van der Waals surface area contributed by atoms with Gasteiger partial charge in [0.05, 0.1) is 17.4 Å². The second-order valence-electron chi connectivity index (χ2n) is 7.85. The predicted octanol–water partition coefficient (Wildman–Crippen LogP) is 3.58. The standard InChI is InChI=1S/C20H27ClN6O3/c1-9(2)15(30)8-23-20-24-17-16(10(3)4)26-27-18(17)19(25-20)22-7-12-13(28)5-11(21)6-14(12)29/h5-6,9-10,15,28-30H,7-8H2,1-4H3,(H,26,27)(H2,22,23,24,25). The van der Waals surface area contributed by atoms with Crippen LogP contribution in [0.3, 0.4) is 0 Å². The van der Waals surface area contributed by atoms with Crippen molar-refractivity contribution in [2.75, 3.05) is 17.2 Å². The first-order chi connectivity index (χ1) is 14.2. The third kappa shape index (κ3) is 4.68. The zero-order chi connectivity index (χ0) is 22.0. The molecule has 1 aromatic carbocycles. The van der Waals surface area contributed by atoms with Crippen LogP contribution in [-0.2, 0) is 6.54 Å². The molecule has 0 aliphatic heterocycles. The number of benzene rings is 1. The number of hydrogen-bond donors (Lipinski definition) is 6. The highest BCUT2D eigenvalue weighted by Gasteiger charge is 2.18. The molecule has 0 aliphatic rings. The van der Waals surface area contributed by atoms with Crippen LogP contribution in [0, 0.1) is 5.92 Å². The van der Waals surface area contributed by atoms with Crippen molar-refractivity contribution in [1.82, 2.24) is 20.2 Å². The Labute approximate surface area is 179 Å². The highest BCUT2D eigenvalue weighted by molar-refractivity contribution is 6.30. The van der Waals surface area contributed by atoms with Crippen LogP contribution in [0.1, 0.15) is 44.9 Å². The van der Waals surface area contributed by atoms with Crippen LogP contribution in [0.15, 0.2) is 12.1 Å². The topological polar surface area (TPSA) is 139 Å². The zero-order valence-electron chi connectivity index (χ0n) is 17.4. The smallest absolute Gasteiger partial charge is 0.225 e. The summed E-state index contributed by atoms with van der Waals surface area (Å²) in [6.07, 6.45) is -0.544. The van der Waals surface area contributed by atoms with Crippen molar-refractivity contribution >= 4 is 34.4 Å². The van der Waals surface area contributed by atoms with Gasteiger partial charge in [0.2, 0.25) is 5.95 Å². The van der Waals surface area contributed by atoms with Crippen LogP contribution < -0.4 is 10.6 Å². The molecular formula is C20H27ClN6O3. The molecular weight excluding hydrogens is 408 g/mol. The van der Waals surface area contributed by atoms with Crippen LogP contribution in [-0.4, -0.2) is 48.1 Å². The number of aromatic amines is 1. The number of aliphatic hydroxyl groups is 1. The lowest BCUT2D eigenvalue weighted by atomic mass is 10.1. The van der Waals surface area contributed by atoms with Crippen LogP contribution in [0.4, 0.5) is 11.8 Å². The number of hydrogen-bond acceptors (Lipinski definition) is 8. The summed E-state index contributed by atoms with van der Waals surface area (Å²) in [5.41, 5.74) is 2.35. The molecule has 0 saturated carbocycles. The molecule has 2 aromatic heterocycles. The van der Waals surface area contributed by atoms with E-state index in [4.69, 9.17) is 11.6 Å². The first kappa shape index (κ1) is 21.9. The van der Waals surface area contributed by atoms with Gasteiger partial charge in [0.25, 0.3) is 0 Å². The predicted molar refractivity (Wildman–Crippen MR) is 117 cm³/mol.